The van der Waals surface area contributed by atoms with Crippen molar-refractivity contribution < 1.29 is 44.3 Å². The number of alkyl halides is 9. The zero-order chi connectivity index (χ0) is 18.4. The van der Waals surface area contributed by atoms with Gasteiger partial charge in [-0.25, -0.2) is 0 Å². The van der Waals surface area contributed by atoms with E-state index in [1.54, 1.807) is 0 Å². The van der Waals surface area contributed by atoms with Gasteiger partial charge in [-0.2, -0.15) is 39.5 Å². The van der Waals surface area contributed by atoms with Gasteiger partial charge in [-0.1, -0.05) is 17.7 Å². The third-order valence-corrected chi connectivity index (χ3v) is 3.11. The van der Waals surface area contributed by atoms with Crippen LogP contribution in [0.25, 0.3) is 0 Å². The standard InChI is InChI=1S/C12H6ClF9O/c1-5-2-3-6(7(13)4-5)8(23)9(14,15)10(16,17)11(18,19)12(20,21)22/h2-4H,1H3. The van der Waals surface area contributed by atoms with Crippen LogP contribution in [0, 0.1) is 6.92 Å². The molecule has 0 heterocycles. The van der Waals surface area contributed by atoms with E-state index < -0.39 is 40.3 Å². The summed E-state index contributed by atoms with van der Waals surface area (Å²) in [5.41, 5.74) is -0.998. The number of hydrogen-bond donors (Lipinski definition) is 0. The van der Waals surface area contributed by atoms with Crippen LogP contribution in [0.15, 0.2) is 18.2 Å². The Bertz CT molecular complexity index is 621. The molecule has 11 heteroatoms. The van der Waals surface area contributed by atoms with Crippen LogP contribution in [0.4, 0.5) is 39.5 Å². The highest BCUT2D eigenvalue weighted by Crippen LogP contribution is 2.54. The molecule has 23 heavy (non-hydrogen) atoms. The summed E-state index contributed by atoms with van der Waals surface area (Å²) in [7, 11) is 0. The maximum Gasteiger partial charge on any atom is 0.460 e. The van der Waals surface area contributed by atoms with Crippen LogP contribution < -0.4 is 0 Å². The molecule has 0 saturated carbocycles. The summed E-state index contributed by atoms with van der Waals surface area (Å²) in [5, 5.41) is -0.791. The van der Waals surface area contributed by atoms with Gasteiger partial charge < -0.3 is 0 Å². The molecule has 0 aliphatic carbocycles. The van der Waals surface area contributed by atoms with Crippen molar-refractivity contribution in [3.05, 3.63) is 34.3 Å². The highest BCUT2D eigenvalue weighted by Gasteiger charge is 2.83. The van der Waals surface area contributed by atoms with Crippen molar-refractivity contribution in [2.24, 2.45) is 0 Å². The molecule has 130 valence electrons. The lowest BCUT2D eigenvalue weighted by Gasteiger charge is -2.32. The molecule has 1 rings (SSSR count). The number of carbonyl (C=O) groups excluding carboxylic acids is 1. The Hall–Kier alpha value is -1.45. The highest BCUT2D eigenvalue weighted by molar-refractivity contribution is 6.34. The van der Waals surface area contributed by atoms with E-state index in [0.29, 0.717) is 11.6 Å². The Morgan fingerprint density at radius 1 is 0.913 bits per heavy atom. The molecule has 0 aromatic heterocycles. The van der Waals surface area contributed by atoms with Gasteiger partial charge in [0.05, 0.1) is 5.02 Å². The lowest BCUT2D eigenvalue weighted by molar-refractivity contribution is -0.386. The molecule has 0 N–H and O–H groups in total. The first-order valence-electron chi connectivity index (χ1n) is 5.58. The van der Waals surface area contributed by atoms with Gasteiger partial charge in [-0.15, -0.1) is 0 Å². The van der Waals surface area contributed by atoms with Gasteiger partial charge in [0.25, 0.3) is 0 Å². The molecule has 0 aliphatic rings. The third kappa shape index (κ3) is 3.00. The molecule has 1 nitrogen and oxygen atoms in total. The van der Waals surface area contributed by atoms with Crippen molar-refractivity contribution in [2.45, 2.75) is 30.9 Å². The molecule has 0 saturated heterocycles. The molecular formula is C12H6ClF9O. The zero-order valence-corrected chi connectivity index (χ0v) is 11.7. The Balaban J connectivity index is 3.42. The van der Waals surface area contributed by atoms with Crippen molar-refractivity contribution in [2.75, 3.05) is 0 Å². The fourth-order valence-electron chi connectivity index (χ4n) is 1.49. The molecule has 0 unspecified atom stereocenters. The predicted molar refractivity (Wildman–Crippen MR) is 61.4 cm³/mol. The van der Waals surface area contributed by atoms with E-state index in [1.807, 2.05) is 0 Å². The molecular weight excluding hydrogens is 367 g/mol. The Morgan fingerprint density at radius 3 is 1.78 bits per heavy atom. The summed E-state index contributed by atoms with van der Waals surface area (Å²) in [6, 6.07) is 2.37. The molecule has 0 amide bonds. The SMILES string of the molecule is Cc1ccc(C(=O)C(F)(F)C(F)(F)C(F)(F)C(F)(F)F)c(Cl)c1. The van der Waals surface area contributed by atoms with E-state index in [1.165, 1.54) is 6.92 Å². The second kappa shape index (κ2) is 5.57. The third-order valence-electron chi connectivity index (χ3n) is 2.80. The van der Waals surface area contributed by atoms with Crippen molar-refractivity contribution in [1.82, 2.24) is 0 Å². The number of benzene rings is 1. The summed E-state index contributed by atoms with van der Waals surface area (Å²) < 4.78 is 114. The fourth-order valence-corrected chi connectivity index (χ4v) is 1.81. The molecule has 1 aromatic rings. The fraction of sp³-hybridized carbons (Fsp3) is 0.417. The number of halogens is 10. The lowest BCUT2D eigenvalue weighted by atomic mass is 9.95. The van der Waals surface area contributed by atoms with E-state index in [2.05, 4.69) is 0 Å². The van der Waals surface area contributed by atoms with Gasteiger partial charge in [0.2, 0.25) is 5.78 Å². The van der Waals surface area contributed by atoms with Crippen LogP contribution in [0.5, 0.6) is 0 Å². The van der Waals surface area contributed by atoms with Crippen molar-refractivity contribution in [3.63, 3.8) is 0 Å². The number of hydrogen-bond acceptors (Lipinski definition) is 1. The molecule has 1 aromatic carbocycles. The number of Topliss-reactive ketones (excluding diaryl/α,β-unsaturated/α-hetero) is 1. The van der Waals surface area contributed by atoms with Gasteiger partial charge >= 0.3 is 23.9 Å². The molecule has 0 bridgehead atoms. The predicted octanol–water partition coefficient (Wildman–Crippen LogP) is 5.30. The van der Waals surface area contributed by atoms with Crippen molar-refractivity contribution in [1.29, 1.82) is 0 Å². The van der Waals surface area contributed by atoms with Crippen LogP contribution in [0.1, 0.15) is 15.9 Å². The minimum absolute atomic E-state index is 0.308. The summed E-state index contributed by atoms with van der Waals surface area (Å²) in [6.45, 7) is 1.38. The van der Waals surface area contributed by atoms with Gasteiger partial charge in [-0.05, 0) is 24.6 Å². The minimum Gasteiger partial charge on any atom is -0.287 e. The number of rotatable bonds is 4. The Labute approximate surface area is 128 Å². The van der Waals surface area contributed by atoms with Gasteiger partial charge in [0, 0.05) is 5.56 Å². The second-order valence-electron chi connectivity index (χ2n) is 4.53. The second-order valence-corrected chi connectivity index (χ2v) is 4.94. The largest absolute Gasteiger partial charge is 0.460 e. The number of aryl methyl sites for hydroxylation is 1. The number of carbonyl (C=O) groups is 1. The van der Waals surface area contributed by atoms with E-state index in [-0.39, 0.29) is 0 Å². The summed E-state index contributed by atoms with van der Waals surface area (Å²) in [4.78, 5) is 11.4. The van der Waals surface area contributed by atoms with E-state index >= 15 is 0 Å². The maximum atomic E-state index is 13.4. The van der Waals surface area contributed by atoms with Crippen LogP contribution in [0.2, 0.25) is 5.02 Å². The van der Waals surface area contributed by atoms with Crippen molar-refractivity contribution in [3.8, 4) is 0 Å². The highest BCUT2D eigenvalue weighted by atomic mass is 35.5. The quantitative estimate of drug-likeness (QED) is 0.518. The summed E-state index contributed by atoms with van der Waals surface area (Å²) >= 11 is 5.38. The molecule has 0 atom stereocenters. The molecule has 0 radical (unpaired) electrons. The first-order chi connectivity index (χ1) is 10.1. The average molecular weight is 373 g/mol. The number of ketones is 1. The summed E-state index contributed by atoms with van der Waals surface area (Å²) in [5.74, 6) is -23.4. The molecule has 0 spiro atoms. The van der Waals surface area contributed by atoms with Crippen LogP contribution >= 0.6 is 11.6 Å². The van der Waals surface area contributed by atoms with Gasteiger partial charge in [0.1, 0.15) is 0 Å². The monoisotopic (exact) mass is 372 g/mol. The lowest BCUT2D eigenvalue weighted by Crippen LogP contribution is -2.63. The normalized spacial score (nSPS) is 14.0. The van der Waals surface area contributed by atoms with E-state index in [9.17, 15) is 44.3 Å². The van der Waals surface area contributed by atoms with Crippen LogP contribution in [-0.4, -0.2) is 29.7 Å². The Morgan fingerprint density at radius 2 is 1.39 bits per heavy atom. The average Bonchev–Trinajstić information content (AvgIpc) is 2.36. The summed E-state index contributed by atoms with van der Waals surface area (Å²) in [6.07, 6.45) is -6.99. The molecule has 0 fully saturated rings. The maximum absolute atomic E-state index is 13.4. The van der Waals surface area contributed by atoms with E-state index in [0.717, 1.165) is 12.1 Å². The zero-order valence-electron chi connectivity index (χ0n) is 10.9. The van der Waals surface area contributed by atoms with Crippen LogP contribution in [0.3, 0.4) is 0 Å². The smallest absolute Gasteiger partial charge is 0.287 e. The van der Waals surface area contributed by atoms with Crippen molar-refractivity contribution >= 4 is 17.4 Å². The van der Waals surface area contributed by atoms with E-state index in [4.69, 9.17) is 11.6 Å². The topological polar surface area (TPSA) is 17.1 Å². The first-order valence-corrected chi connectivity index (χ1v) is 5.96. The van der Waals surface area contributed by atoms with Gasteiger partial charge in [-0.3, -0.25) is 4.79 Å². The Kier molecular flexibility index (Phi) is 4.75. The van der Waals surface area contributed by atoms with Crippen LogP contribution in [-0.2, 0) is 0 Å². The first kappa shape index (κ1) is 19.6. The minimum atomic E-state index is -7.13. The van der Waals surface area contributed by atoms with Gasteiger partial charge in [0.15, 0.2) is 0 Å². The molecule has 0 aliphatic heterocycles.